The summed E-state index contributed by atoms with van der Waals surface area (Å²) in [7, 11) is 1.34. The lowest BCUT2D eigenvalue weighted by Gasteiger charge is -2.05. The van der Waals surface area contributed by atoms with Gasteiger partial charge in [-0.25, -0.2) is 4.79 Å². The van der Waals surface area contributed by atoms with Gasteiger partial charge in [0.1, 0.15) is 0 Å². The fourth-order valence-corrected chi connectivity index (χ4v) is 2.57. The minimum absolute atomic E-state index is 0.188. The molecule has 0 aromatic heterocycles. The van der Waals surface area contributed by atoms with Crippen LogP contribution >= 0.6 is 0 Å². The molecule has 3 aromatic carbocycles. The zero-order valence-corrected chi connectivity index (χ0v) is 15.0. The standard InChI is InChI=1S/C24H19NO2/c1-27-24(26)23(17-19-11-5-2-6-12-19)25-18-22(20-13-7-3-8-14-20)21-15-9-4-10-16-21/h2-17H,1H3/b23-17-. The first-order valence-corrected chi connectivity index (χ1v) is 8.57. The van der Waals surface area contributed by atoms with Crippen molar-refractivity contribution in [1.29, 1.82) is 0 Å². The number of carbonyl (C=O) groups excluding carboxylic acids is 1. The van der Waals surface area contributed by atoms with Gasteiger partial charge in [0, 0.05) is 0 Å². The number of benzene rings is 3. The first kappa shape index (κ1) is 18.1. The molecule has 0 N–H and O–H groups in total. The number of esters is 1. The van der Waals surface area contributed by atoms with Crippen LogP contribution in [0.3, 0.4) is 0 Å². The number of methoxy groups -OCH3 is 1. The minimum Gasteiger partial charge on any atom is -0.464 e. The molecule has 0 spiro atoms. The number of nitrogens with zero attached hydrogens (tertiary/aromatic N) is 1. The Bertz CT molecular complexity index is 943. The molecule has 132 valence electrons. The third-order valence-corrected chi connectivity index (χ3v) is 3.91. The quantitative estimate of drug-likeness (QED) is 0.368. The monoisotopic (exact) mass is 353 g/mol. The Labute approximate surface area is 159 Å². The molecule has 27 heavy (non-hydrogen) atoms. The highest BCUT2D eigenvalue weighted by atomic mass is 16.5. The molecular formula is C24H19NO2. The van der Waals surface area contributed by atoms with Gasteiger partial charge in [0.25, 0.3) is 0 Å². The van der Waals surface area contributed by atoms with Crippen LogP contribution < -0.4 is 0 Å². The molecule has 3 aromatic rings. The fourth-order valence-electron chi connectivity index (χ4n) is 2.57. The summed E-state index contributed by atoms with van der Waals surface area (Å²) in [6, 6.07) is 29.2. The van der Waals surface area contributed by atoms with Crippen LogP contribution in [0.5, 0.6) is 0 Å². The van der Waals surface area contributed by atoms with Crippen LogP contribution in [0, 0.1) is 0 Å². The third-order valence-electron chi connectivity index (χ3n) is 3.91. The Morgan fingerprint density at radius 3 is 1.78 bits per heavy atom. The topological polar surface area (TPSA) is 38.7 Å². The Balaban J connectivity index is 2.12. The van der Waals surface area contributed by atoms with E-state index in [-0.39, 0.29) is 5.70 Å². The molecule has 0 saturated heterocycles. The largest absolute Gasteiger partial charge is 0.464 e. The SMILES string of the molecule is COC(=O)/C(=C/c1ccccc1)N=C=C(c1ccccc1)c1ccccc1. The number of ether oxygens (including phenoxy) is 1. The molecule has 0 atom stereocenters. The minimum atomic E-state index is -0.508. The van der Waals surface area contributed by atoms with E-state index >= 15 is 0 Å². The summed E-state index contributed by atoms with van der Waals surface area (Å²) in [5.74, 6) is 2.55. The number of hydrogen-bond donors (Lipinski definition) is 0. The number of hydrogen-bond acceptors (Lipinski definition) is 3. The van der Waals surface area contributed by atoms with E-state index in [0.717, 1.165) is 22.3 Å². The second-order valence-corrected chi connectivity index (χ2v) is 5.76. The molecule has 0 fully saturated rings. The van der Waals surface area contributed by atoms with Crippen molar-refractivity contribution < 1.29 is 9.53 Å². The van der Waals surface area contributed by atoms with E-state index in [1.807, 2.05) is 91.0 Å². The summed E-state index contributed by atoms with van der Waals surface area (Å²) >= 11 is 0. The van der Waals surface area contributed by atoms with Gasteiger partial charge in [-0.2, -0.15) is 4.99 Å². The molecule has 3 nitrogen and oxygen atoms in total. The number of rotatable bonds is 5. The first-order valence-electron chi connectivity index (χ1n) is 8.57. The predicted octanol–water partition coefficient (Wildman–Crippen LogP) is 5.00. The van der Waals surface area contributed by atoms with E-state index in [1.54, 1.807) is 6.08 Å². The van der Waals surface area contributed by atoms with Crippen LogP contribution in [0.25, 0.3) is 11.6 Å². The Morgan fingerprint density at radius 2 is 1.30 bits per heavy atom. The summed E-state index contributed by atoms with van der Waals surface area (Å²) in [4.78, 5) is 16.5. The second-order valence-electron chi connectivity index (χ2n) is 5.76. The fraction of sp³-hybridized carbons (Fsp3) is 0.0417. The summed E-state index contributed by atoms with van der Waals surface area (Å²) < 4.78 is 4.88. The maximum absolute atomic E-state index is 12.2. The van der Waals surface area contributed by atoms with E-state index in [1.165, 1.54) is 7.11 Å². The highest BCUT2D eigenvalue weighted by Gasteiger charge is 2.09. The zero-order valence-electron chi connectivity index (χ0n) is 15.0. The summed E-state index contributed by atoms with van der Waals surface area (Å²) in [5.41, 5.74) is 3.80. The van der Waals surface area contributed by atoms with Crippen LogP contribution in [0.1, 0.15) is 16.7 Å². The third kappa shape index (κ3) is 4.91. The van der Waals surface area contributed by atoms with E-state index in [4.69, 9.17) is 4.74 Å². The van der Waals surface area contributed by atoms with Crippen molar-refractivity contribution in [1.82, 2.24) is 0 Å². The molecule has 0 aliphatic carbocycles. The van der Waals surface area contributed by atoms with Crippen molar-refractivity contribution in [2.24, 2.45) is 4.99 Å². The van der Waals surface area contributed by atoms with E-state index in [2.05, 4.69) is 10.9 Å². The summed E-state index contributed by atoms with van der Waals surface area (Å²) in [6.45, 7) is 0. The Hall–Kier alpha value is -3.68. The molecule has 3 heteroatoms. The van der Waals surface area contributed by atoms with Crippen LogP contribution in [-0.2, 0) is 9.53 Å². The lowest BCUT2D eigenvalue weighted by Crippen LogP contribution is -2.02. The van der Waals surface area contributed by atoms with Crippen LogP contribution in [0.2, 0.25) is 0 Å². The van der Waals surface area contributed by atoms with Crippen LogP contribution in [-0.4, -0.2) is 18.9 Å². The lowest BCUT2D eigenvalue weighted by molar-refractivity contribution is -0.136. The van der Waals surface area contributed by atoms with Crippen molar-refractivity contribution in [2.45, 2.75) is 0 Å². The molecule has 0 aliphatic rings. The van der Waals surface area contributed by atoms with Gasteiger partial charge in [-0.05, 0) is 28.6 Å². The molecule has 0 bridgehead atoms. The van der Waals surface area contributed by atoms with Gasteiger partial charge in [-0.15, -0.1) is 0 Å². The van der Waals surface area contributed by atoms with E-state index in [9.17, 15) is 4.79 Å². The van der Waals surface area contributed by atoms with E-state index in [0.29, 0.717) is 0 Å². The van der Waals surface area contributed by atoms with Crippen molar-refractivity contribution in [3.63, 3.8) is 0 Å². The van der Waals surface area contributed by atoms with Gasteiger partial charge in [-0.3, -0.25) is 0 Å². The highest BCUT2D eigenvalue weighted by Crippen LogP contribution is 2.20. The van der Waals surface area contributed by atoms with Gasteiger partial charge < -0.3 is 4.74 Å². The normalized spacial score (nSPS) is 10.6. The average molecular weight is 353 g/mol. The van der Waals surface area contributed by atoms with Crippen molar-refractivity contribution >= 4 is 23.5 Å². The van der Waals surface area contributed by atoms with Crippen LogP contribution in [0.4, 0.5) is 0 Å². The molecule has 0 amide bonds. The zero-order chi connectivity index (χ0) is 18.9. The van der Waals surface area contributed by atoms with Gasteiger partial charge in [0.15, 0.2) is 5.70 Å². The molecular weight excluding hydrogens is 334 g/mol. The van der Waals surface area contributed by atoms with Gasteiger partial charge >= 0.3 is 5.97 Å². The van der Waals surface area contributed by atoms with Crippen LogP contribution in [0.15, 0.2) is 102 Å². The maximum atomic E-state index is 12.2. The van der Waals surface area contributed by atoms with Crippen molar-refractivity contribution in [3.8, 4) is 0 Å². The highest BCUT2D eigenvalue weighted by molar-refractivity contribution is 6.02. The van der Waals surface area contributed by atoms with Crippen molar-refractivity contribution in [3.05, 3.63) is 113 Å². The van der Waals surface area contributed by atoms with Gasteiger partial charge in [0.2, 0.25) is 0 Å². The molecule has 0 unspecified atom stereocenters. The predicted molar refractivity (Wildman–Crippen MR) is 109 cm³/mol. The van der Waals surface area contributed by atoms with E-state index < -0.39 is 5.97 Å². The van der Waals surface area contributed by atoms with Crippen molar-refractivity contribution in [2.75, 3.05) is 7.11 Å². The van der Waals surface area contributed by atoms with Gasteiger partial charge in [0.05, 0.1) is 12.7 Å². The smallest absolute Gasteiger partial charge is 0.357 e. The van der Waals surface area contributed by atoms with Gasteiger partial charge in [-0.1, -0.05) is 91.0 Å². The molecule has 0 heterocycles. The Morgan fingerprint density at radius 1 is 0.815 bits per heavy atom. The first-order chi connectivity index (χ1) is 13.3. The molecule has 3 rings (SSSR count). The average Bonchev–Trinajstić information content (AvgIpc) is 2.75. The summed E-state index contributed by atoms with van der Waals surface area (Å²) in [6.07, 6.45) is 1.69. The lowest BCUT2D eigenvalue weighted by atomic mass is 9.99. The maximum Gasteiger partial charge on any atom is 0.357 e. The molecule has 0 aliphatic heterocycles. The molecule has 0 saturated carbocycles. The Kier molecular flexibility index (Phi) is 6.13. The second kappa shape index (κ2) is 9.14. The summed E-state index contributed by atoms with van der Waals surface area (Å²) in [5, 5.41) is 0. The number of carbonyl (C=O) groups is 1. The number of aliphatic imine (C=N–C) groups is 1. The molecule has 0 radical (unpaired) electrons.